The topological polar surface area (TPSA) is 71.3 Å². The van der Waals surface area contributed by atoms with Gasteiger partial charge in [0.15, 0.2) is 0 Å². The molecule has 0 bridgehead atoms. The highest BCUT2D eigenvalue weighted by molar-refractivity contribution is 9.10. The molecule has 0 radical (unpaired) electrons. The fourth-order valence-electron chi connectivity index (χ4n) is 1.82. The van der Waals surface area contributed by atoms with E-state index in [1.807, 2.05) is 17.7 Å². The molecule has 6 heteroatoms. The van der Waals surface area contributed by atoms with Gasteiger partial charge in [-0.3, -0.25) is 4.79 Å². The summed E-state index contributed by atoms with van der Waals surface area (Å²) < 4.78 is 2.66. The lowest BCUT2D eigenvalue weighted by Gasteiger charge is -2.07. The average Bonchev–Trinajstić information content (AvgIpc) is 2.80. The summed E-state index contributed by atoms with van der Waals surface area (Å²) in [5, 5.41) is 11.5. The van der Waals surface area contributed by atoms with Crippen LogP contribution in [0.5, 0.6) is 0 Å². The maximum absolute atomic E-state index is 12.2. The normalized spacial score (nSPS) is 10.3. The van der Waals surface area contributed by atoms with Gasteiger partial charge in [-0.2, -0.15) is 0 Å². The first kappa shape index (κ1) is 14.3. The fourth-order valence-corrected chi connectivity index (χ4v) is 2.28. The molecule has 0 spiro atoms. The molecule has 0 saturated heterocycles. The number of hydrogen-bond donors (Lipinski definition) is 2. The number of anilines is 1. The number of halogens is 1. The van der Waals surface area contributed by atoms with Crippen molar-refractivity contribution < 1.29 is 14.7 Å². The minimum atomic E-state index is -0.994. The molecule has 2 N–H and O–H groups in total. The molecule has 0 aliphatic heterocycles. The molecule has 2 rings (SSSR count). The molecule has 1 amide bonds. The number of carboxylic acids is 1. The van der Waals surface area contributed by atoms with Crippen LogP contribution in [0, 0.1) is 0 Å². The Morgan fingerprint density at radius 1 is 1.30 bits per heavy atom. The molecule has 0 aliphatic rings. The number of aromatic carboxylic acids is 1. The van der Waals surface area contributed by atoms with Gasteiger partial charge in [-0.25, -0.2) is 4.79 Å². The van der Waals surface area contributed by atoms with Crippen molar-refractivity contribution in [1.29, 1.82) is 0 Å². The lowest BCUT2D eigenvalue weighted by molar-refractivity contribution is 0.0696. The molecule has 1 aromatic heterocycles. The molecule has 0 atom stereocenters. The number of amides is 1. The van der Waals surface area contributed by atoms with E-state index in [0.29, 0.717) is 17.9 Å². The number of benzene rings is 1. The van der Waals surface area contributed by atoms with Crippen LogP contribution in [-0.2, 0) is 6.54 Å². The van der Waals surface area contributed by atoms with Gasteiger partial charge >= 0.3 is 5.97 Å². The van der Waals surface area contributed by atoms with Gasteiger partial charge in [0.25, 0.3) is 5.91 Å². The minimum Gasteiger partial charge on any atom is -0.478 e. The summed E-state index contributed by atoms with van der Waals surface area (Å²) in [5.41, 5.74) is 1.28. The lowest BCUT2D eigenvalue weighted by Crippen LogP contribution is -2.16. The van der Waals surface area contributed by atoms with E-state index in [9.17, 15) is 9.59 Å². The number of rotatable bonds is 4. The van der Waals surface area contributed by atoms with E-state index in [-0.39, 0.29) is 11.5 Å². The molecule has 0 unspecified atom stereocenters. The fraction of sp³-hybridized carbons (Fsp3) is 0.143. The zero-order chi connectivity index (χ0) is 14.7. The predicted octanol–water partition coefficient (Wildman–Crippen LogP) is 3.22. The molecule has 2 aromatic rings. The number of nitrogens with zero attached hydrogens (tertiary/aromatic N) is 1. The highest BCUT2D eigenvalue weighted by Gasteiger charge is 2.12. The van der Waals surface area contributed by atoms with E-state index >= 15 is 0 Å². The van der Waals surface area contributed by atoms with Crippen LogP contribution in [0.15, 0.2) is 41.0 Å². The Labute approximate surface area is 124 Å². The number of carbonyl (C=O) groups excluding carboxylic acids is 1. The molecule has 20 heavy (non-hydrogen) atoms. The van der Waals surface area contributed by atoms with E-state index in [1.54, 1.807) is 18.2 Å². The van der Waals surface area contributed by atoms with E-state index < -0.39 is 5.97 Å². The second-order valence-corrected chi connectivity index (χ2v) is 5.08. The molecule has 5 nitrogen and oxygen atoms in total. The molecule has 0 fully saturated rings. The van der Waals surface area contributed by atoms with Crippen LogP contribution in [0.1, 0.15) is 27.8 Å². The van der Waals surface area contributed by atoms with Gasteiger partial charge in [-0.15, -0.1) is 0 Å². The first-order valence-corrected chi connectivity index (χ1v) is 6.81. The quantitative estimate of drug-likeness (QED) is 0.900. The SMILES string of the molecule is CCn1cc(Br)cc1C(=O)Nc1ccc(C(=O)O)cc1. The minimum absolute atomic E-state index is 0.183. The van der Waals surface area contributed by atoms with Crippen LogP contribution in [0.3, 0.4) is 0 Å². The molecule has 1 aromatic carbocycles. The number of hydrogen-bond acceptors (Lipinski definition) is 2. The summed E-state index contributed by atoms with van der Waals surface area (Å²) in [6.45, 7) is 2.64. The molecule has 0 saturated carbocycles. The maximum atomic E-state index is 12.2. The summed E-state index contributed by atoms with van der Waals surface area (Å²) in [6.07, 6.45) is 1.84. The third-order valence-electron chi connectivity index (χ3n) is 2.83. The molecule has 0 aliphatic carbocycles. The van der Waals surface area contributed by atoms with E-state index in [4.69, 9.17) is 5.11 Å². The van der Waals surface area contributed by atoms with Gasteiger partial charge in [0.1, 0.15) is 5.69 Å². The Bertz CT molecular complexity index is 647. The monoisotopic (exact) mass is 336 g/mol. The van der Waals surface area contributed by atoms with Crippen molar-refractivity contribution in [2.75, 3.05) is 5.32 Å². The van der Waals surface area contributed by atoms with Crippen LogP contribution in [-0.4, -0.2) is 21.6 Å². The Hall–Kier alpha value is -2.08. The standard InChI is InChI=1S/C14H13BrN2O3/c1-2-17-8-10(15)7-12(17)13(18)16-11-5-3-9(4-6-11)14(19)20/h3-8H,2H2,1H3,(H,16,18)(H,19,20). The van der Waals surface area contributed by atoms with E-state index in [1.165, 1.54) is 12.1 Å². The van der Waals surface area contributed by atoms with Crippen LogP contribution < -0.4 is 5.32 Å². The Morgan fingerprint density at radius 2 is 1.95 bits per heavy atom. The van der Waals surface area contributed by atoms with Gasteiger partial charge in [0.2, 0.25) is 0 Å². The molecular weight excluding hydrogens is 324 g/mol. The first-order chi connectivity index (χ1) is 9.51. The Balaban J connectivity index is 2.16. The zero-order valence-electron chi connectivity index (χ0n) is 10.8. The van der Waals surface area contributed by atoms with Crippen molar-refractivity contribution in [3.8, 4) is 0 Å². The van der Waals surface area contributed by atoms with Gasteiger partial charge in [0.05, 0.1) is 5.56 Å². The average molecular weight is 337 g/mol. The summed E-state index contributed by atoms with van der Waals surface area (Å²) in [5.74, 6) is -1.23. The predicted molar refractivity (Wildman–Crippen MR) is 79.2 cm³/mol. The summed E-state index contributed by atoms with van der Waals surface area (Å²) >= 11 is 3.34. The zero-order valence-corrected chi connectivity index (χ0v) is 12.3. The van der Waals surface area contributed by atoms with E-state index in [0.717, 1.165) is 4.47 Å². The lowest BCUT2D eigenvalue weighted by atomic mass is 10.2. The van der Waals surface area contributed by atoms with E-state index in [2.05, 4.69) is 21.2 Å². The summed E-state index contributed by atoms with van der Waals surface area (Å²) in [4.78, 5) is 22.9. The van der Waals surface area contributed by atoms with Crippen molar-refractivity contribution in [3.63, 3.8) is 0 Å². The molecule has 104 valence electrons. The largest absolute Gasteiger partial charge is 0.478 e. The number of nitrogens with one attached hydrogen (secondary N) is 1. The Kier molecular flexibility index (Phi) is 4.24. The van der Waals surface area contributed by atoms with Gasteiger partial charge in [0, 0.05) is 22.9 Å². The number of carbonyl (C=O) groups is 2. The summed E-state index contributed by atoms with van der Waals surface area (Å²) in [7, 11) is 0. The van der Waals surface area contributed by atoms with Crippen LogP contribution >= 0.6 is 15.9 Å². The summed E-state index contributed by atoms with van der Waals surface area (Å²) in [6, 6.07) is 7.77. The van der Waals surface area contributed by atoms with Crippen molar-refractivity contribution in [1.82, 2.24) is 4.57 Å². The van der Waals surface area contributed by atoms with Crippen molar-refractivity contribution >= 4 is 33.5 Å². The first-order valence-electron chi connectivity index (χ1n) is 6.01. The molecular formula is C14H13BrN2O3. The number of aryl methyl sites for hydroxylation is 1. The molecule has 1 heterocycles. The van der Waals surface area contributed by atoms with Gasteiger partial charge in [-0.05, 0) is 53.2 Å². The Morgan fingerprint density at radius 3 is 2.50 bits per heavy atom. The highest BCUT2D eigenvalue weighted by atomic mass is 79.9. The van der Waals surface area contributed by atoms with Gasteiger partial charge < -0.3 is 15.0 Å². The van der Waals surface area contributed by atoms with Crippen LogP contribution in [0.4, 0.5) is 5.69 Å². The van der Waals surface area contributed by atoms with Crippen molar-refractivity contribution in [2.45, 2.75) is 13.5 Å². The number of aromatic nitrogens is 1. The second kappa shape index (κ2) is 5.92. The second-order valence-electron chi connectivity index (χ2n) is 4.17. The van der Waals surface area contributed by atoms with Crippen molar-refractivity contribution in [3.05, 3.63) is 52.3 Å². The van der Waals surface area contributed by atoms with Crippen LogP contribution in [0.25, 0.3) is 0 Å². The number of carboxylic acid groups (broad SMARTS) is 1. The smallest absolute Gasteiger partial charge is 0.335 e. The third-order valence-corrected chi connectivity index (χ3v) is 3.26. The van der Waals surface area contributed by atoms with Gasteiger partial charge in [-0.1, -0.05) is 0 Å². The highest BCUT2D eigenvalue weighted by Crippen LogP contribution is 2.17. The third kappa shape index (κ3) is 3.08. The van der Waals surface area contributed by atoms with Crippen molar-refractivity contribution in [2.24, 2.45) is 0 Å². The van der Waals surface area contributed by atoms with Crippen LogP contribution in [0.2, 0.25) is 0 Å². The maximum Gasteiger partial charge on any atom is 0.335 e.